The fourth-order valence-electron chi connectivity index (χ4n) is 1.49. The molecular weight excluding hydrogens is 260 g/mol. The second-order valence-corrected chi connectivity index (χ2v) is 5.69. The van der Waals surface area contributed by atoms with Gasteiger partial charge in [-0.1, -0.05) is 0 Å². The minimum Gasteiger partial charge on any atom is -0.396 e. The lowest BCUT2D eigenvalue weighted by atomic mass is 10.2. The Morgan fingerprint density at radius 1 is 1.47 bits per heavy atom. The van der Waals surface area contributed by atoms with Crippen molar-refractivity contribution in [2.24, 2.45) is 0 Å². The van der Waals surface area contributed by atoms with Crippen LogP contribution in [-0.4, -0.2) is 21.9 Å². The van der Waals surface area contributed by atoms with E-state index in [1.54, 1.807) is 12.1 Å². The fourth-order valence-corrected chi connectivity index (χ4v) is 2.09. The average molecular weight is 276 g/mol. The topological polar surface area (TPSA) is 75.8 Å². The lowest BCUT2D eigenvalue weighted by molar-refractivity contribution is 0.455. The minimum absolute atomic E-state index is 0.136. The van der Waals surface area contributed by atoms with Crippen LogP contribution in [0, 0.1) is 0 Å². The smallest absolute Gasteiger partial charge is 0.311 e. The second kappa shape index (κ2) is 5.52. The van der Waals surface area contributed by atoms with Crippen molar-refractivity contribution in [3.63, 3.8) is 0 Å². The molecule has 1 aromatic rings. The van der Waals surface area contributed by atoms with Gasteiger partial charge in [0.05, 0.1) is 16.9 Å². The molecule has 3 N–H and O–H groups in total. The molecule has 1 unspecified atom stereocenters. The van der Waals surface area contributed by atoms with Gasteiger partial charge in [0.25, 0.3) is 0 Å². The van der Waals surface area contributed by atoms with Crippen molar-refractivity contribution < 1.29 is 12.9 Å². The standard InChI is InChI=1S/C10H16N2O3S2/c1-3-12(4-2)8-5-6-9(11)10(7-8)15-17(13,14)16/h5-7H,3-4,11H2,1-2H3,(H,13,14,16). The Morgan fingerprint density at radius 2 is 2.06 bits per heavy atom. The molecule has 0 spiro atoms. The van der Waals surface area contributed by atoms with Crippen molar-refractivity contribution in [3.8, 4) is 5.75 Å². The van der Waals surface area contributed by atoms with E-state index >= 15 is 0 Å². The molecule has 1 rings (SSSR count). The molecule has 17 heavy (non-hydrogen) atoms. The molecule has 0 fully saturated rings. The number of nitrogens with two attached hydrogens (primary N) is 1. The predicted octanol–water partition coefficient (Wildman–Crippen LogP) is 1.63. The molecule has 1 atom stereocenters. The summed E-state index contributed by atoms with van der Waals surface area (Å²) in [6.45, 7) is 5.68. The first-order chi connectivity index (χ1) is 7.87. The van der Waals surface area contributed by atoms with Gasteiger partial charge >= 0.3 is 9.05 Å². The highest BCUT2D eigenvalue weighted by molar-refractivity contribution is 8.27. The zero-order valence-electron chi connectivity index (χ0n) is 9.75. The number of nitrogens with zero attached hydrogens (tertiary/aromatic N) is 1. The SMILES string of the molecule is CCN(CC)c1ccc(N)c(OS(=O)(O)=S)c1. The van der Waals surface area contributed by atoms with E-state index in [2.05, 4.69) is 16.1 Å². The van der Waals surface area contributed by atoms with Crippen LogP contribution >= 0.6 is 0 Å². The summed E-state index contributed by atoms with van der Waals surface area (Å²) in [4.78, 5) is 2.06. The van der Waals surface area contributed by atoms with Crippen molar-refractivity contribution in [1.29, 1.82) is 0 Å². The molecule has 0 bridgehead atoms. The molecule has 0 aliphatic rings. The number of rotatable bonds is 5. The van der Waals surface area contributed by atoms with Crippen LogP contribution in [0.25, 0.3) is 0 Å². The summed E-state index contributed by atoms with van der Waals surface area (Å²) in [6, 6.07) is 5.08. The Kier molecular flexibility index (Phi) is 4.55. The molecule has 5 nitrogen and oxygen atoms in total. The average Bonchev–Trinajstić information content (AvgIpc) is 2.22. The van der Waals surface area contributed by atoms with Gasteiger partial charge in [-0.15, -0.1) is 0 Å². The minimum atomic E-state index is -3.72. The van der Waals surface area contributed by atoms with Gasteiger partial charge in [0.1, 0.15) is 0 Å². The van der Waals surface area contributed by atoms with E-state index in [1.165, 1.54) is 0 Å². The maximum Gasteiger partial charge on any atom is 0.311 e. The van der Waals surface area contributed by atoms with Gasteiger partial charge in [-0.25, -0.2) is 0 Å². The number of anilines is 2. The van der Waals surface area contributed by atoms with Gasteiger partial charge in [-0.05, 0) is 26.0 Å². The number of nitrogen functional groups attached to an aromatic ring is 1. The third-order valence-electron chi connectivity index (χ3n) is 2.32. The quantitative estimate of drug-likeness (QED) is 0.796. The molecule has 0 aliphatic carbocycles. The van der Waals surface area contributed by atoms with E-state index < -0.39 is 9.05 Å². The zero-order valence-corrected chi connectivity index (χ0v) is 11.4. The van der Waals surface area contributed by atoms with Gasteiger partial charge < -0.3 is 14.8 Å². The monoisotopic (exact) mass is 276 g/mol. The molecule has 0 saturated carbocycles. The van der Waals surface area contributed by atoms with E-state index in [0.29, 0.717) is 0 Å². The van der Waals surface area contributed by atoms with Crippen LogP contribution < -0.4 is 14.8 Å². The third kappa shape index (κ3) is 4.03. The van der Waals surface area contributed by atoms with Crippen LogP contribution in [0.3, 0.4) is 0 Å². The predicted molar refractivity (Wildman–Crippen MR) is 73.2 cm³/mol. The maximum absolute atomic E-state index is 11.0. The van der Waals surface area contributed by atoms with E-state index in [-0.39, 0.29) is 11.4 Å². The molecule has 0 saturated heterocycles. The Morgan fingerprint density at radius 3 is 2.53 bits per heavy atom. The Bertz CT molecular complexity index is 484. The third-order valence-corrected chi connectivity index (χ3v) is 2.92. The molecule has 0 aliphatic heterocycles. The molecule has 1 aromatic carbocycles. The largest absolute Gasteiger partial charge is 0.396 e. The number of hydrogen-bond acceptors (Lipinski definition) is 5. The van der Waals surface area contributed by atoms with E-state index in [4.69, 9.17) is 14.5 Å². The molecule has 0 radical (unpaired) electrons. The van der Waals surface area contributed by atoms with Crippen LogP contribution in [0.5, 0.6) is 5.75 Å². The highest BCUT2D eigenvalue weighted by Crippen LogP contribution is 2.28. The van der Waals surface area contributed by atoms with Gasteiger partial charge in [-0.3, -0.25) is 4.55 Å². The summed E-state index contributed by atoms with van der Waals surface area (Å²) < 4.78 is 24.8. The highest BCUT2D eigenvalue weighted by atomic mass is 32.9. The van der Waals surface area contributed by atoms with Gasteiger partial charge in [0.2, 0.25) is 0 Å². The van der Waals surface area contributed by atoms with Crippen LogP contribution in [0.15, 0.2) is 18.2 Å². The highest BCUT2D eigenvalue weighted by Gasteiger charge is 2.10. The molecular formula is C10H16N2O3S2. The molecule has 7 heteroatoms. The number of benzene rings is 1. The van der Waals surface area contributed by atoms with Crippen molar-refractivity contribution in [1.82, 2.24) is 0 Å². The summed E-state index contributed by atoms with van der Waals surface area (Å²) >= 11 is 4.28. The number of hydrogen-bond donors (Lipinski definition) is 2. The lowest BCUT2D eigenvalue weighted by Gasteiger charge is -2.21. The first-order valence-electron chi connectivity index (χ1n) is 5.18. The summed E-state index contributed by atoms with van der Waals surface area (Å²) in [5.74, 6) is 0.136. The van der Waals surface area contributed by atoms with Crippen molar-refractivity contribution in [2.75, 3.05) is 23.7 Å². The van der Waals surface area contributed by atoms with E-state index in [9.17, 15) is 4.21 Å². The van der Waals surface area contributed by atoms with Crippen LogP contribution in [0.2, 0.25) is 0 Å². The maximum atomic E-state index is 11.0. The molecule has 0 heterocycles. The van der Waals surface area contributed by atoms with Crippen LogP contribution in [0.4, 0.5) is 11.4 Å². The van der Waals surface area contributed by atoms with Gasteiger partial charge in [-0.2, -0.15) is 4.21 Å². The molecule has 0 amide bonds. The zero-order chi connectivity index (χ0) is 13.1. The first kappa shape index (κ1) is 14.0. The van der Waals surface area contributed by atoms with E-state index in [0.717, 1.165) is 18.8 Å². The Balaban J connectivity index is 3.10. The van der Waals surface area contributed by atoms with Crippen molar-refractivity contribution >= 4 is 31.6 Å². The Labute approximate surface area is 106 Å². The lowest BCUT2D eigenvalue weighted by Crippen LogP contribution is -2.21. The summed E-state index contributed by atoms with van der Waals surface area (Å²) in [5.41, 5.74) is 6.81. The van der Waals surface area contributed by atoms with Crippen LogP contribution in [-0.2, 0) is 20.2 Å². The summed E-state index contributed by atoms with van der Waals surface area (Å²) in [5, 5.41) is 0. The second-order valence-electron chi connectivity index (χ2n) is 3.41. The molecule has 0 aromatic heterocycles. The van der Waals surface area contributed by atoms with Crippen molar-refractivity contribution in [3.05, 3.63) is 18.2 Å². The normalized spacial score (nSPS) is 14.1. The van der Waals surface area contributed by atoms with Gasteiger partial charge in [0.15, 0.2) is 5.75 Å². The molecule has 96 valence electrons. The Hall–Kier alpha value is -1.05. The van der Waals surface area contributed by atoms with E-state index in [1.807, 2.05) is 19.9 Å². The summed E-state index contributed by atoms with van der Waals surface area (Å²) in [6.07, 6.45) is 0. The van der Waals surface area contributed by atoms with Crippen molar-refractivity contribution in [2.45, 2.75) is 13.8 Å². The van der Waals surface area contributed by atoms with Gasteiger partial charge in [0, 0.05) is 24.8 Å². The van der Waals surface area contributed by atoms with Crippen LogP contribution in [0.1, 0.15) is 13.8 Å². The fraction of sp³-hybridized carbons (Fsp3) is 0.400. The first-order valence-corrected chi connectivity index (χ1v) is 7.55. The summed E-state index contributed by atoms with van der Waals surface area (Å²) in [7, 11) is -3.72.